The highest BCUT2D eigenvalue weighted by Crippen LogP contribution is 2.20. The lowest BCUT2D eigenvalue weighted by molar-refractivity contribution is -0.122. The van der Waals surface area contributed by atoms with Crippen LogP contribution in [0, 0.1) is 5.82 Å². The predicted octanol–water partition coefficient (Wildman–Crippen LogP) is 1.37. The molecule has 1 atom stereocenters. The molecule has 2 aromatic heterocycles. The minimum Gasteiger partial charge on any atom is -0.377 e. The van der Waals surface area contributed by atoms with E-state index in [9.17, 15) is 14.0 Å². The third kappa shape index (κ3) is 3.94. The van der Waals surface area contributed by atoms with Crippen LogP contribution in [0.15, 0.2) is 35.3 Å². The van der Waals surface area contributed by atoms with Gasteiger partial charge in [0.25, 0.3) is 0 Å². The summed E-state index contributed by atoms with van der Waals surface area (Å²) in [4.78, 5) is 24.9. The standard InChI is InChI=1S/C18H18ClFN6O3/c1-10(11-2-3-13(19)14(20)6-11)22-16(27)7-25-18(28)26-17(24-25)15(4-5-21-26)23-12-8-29-9-12/h2-6,10,12,23H,7-9H2,1H3,(H,22,27)/t10-/m0/s1. The molecule has 3 aromatic rings. The van der Waals surface area contributed by atoms with Crippen LogP contribution < -0.4 is 16.3 Å². The smallest absolute Gasteiger partial charge is 0.367 e. The van der Waals surface area contributed by atoms with Crippen molar-refractivity contribution in [2.75, 3.05) is 18.5 Å². The summed E-state index contributed by atoms with van der Waals surface area (Å²) in [5.41, 5.74) is 0.979. The number of rotatable bonds is 6. The Morgan fingerprint density at radius 3 is 2.90 bits per heavy atom. The highest BCUT2D eigenvalue weighted by Gasteiger charge is 2.21. The van der Waals surface area contributed by atoms with Crippen molar-refractivity contribution in [3.05, 3.63) is 57.3 Å². The van der Waals surface area contributed by atoms with Gasteiger partial charge in [0.15, 0.2) is 0 Å². The van der Waals surface area contributed by atoms with Gasteiger partial charge in [-0.05, 0) is 30.7 Å². The Balaban J connectivity index is 1.50. The summed E-state index contributed by atoms with van der Waals surface area (Å²) in [5.74, 6) is -1.01. The Morgan fingerprint density at radius 2 is 2.21 bits per heavy atom. The second kappa shape index (κ2) is 7.80. The van der Waals surface area contributed by atoms with Gasteiger partial charge in [0, 0.05) is 0 Å². The van der Waals surface area contributed by atoms with E-state index in [0.717, 1.165) is 9.20 Å². The van der Waals surface area contributed by atoms with E-state index < -0.39 is 23.5 Å². The first-order valence-electron chi connectivity index (χ1n) is 8.96. The lowest BCUT2D eigenvalue weighted by Crippen LogP contribution is -2.40. The average Bonchev–Trinajstić information content (AvgIpc) is 2.97. The number of carbonyl (C=O) groups excluding carboxylic acids is 1. The topological polar surface area (TPSA) is 103 Å². The summed E-state index contributed by atoms with van der Waals surface area (Å²) < 4.78 is 20.9. The molecule has 3 heterocycles. The largest absolute Gasteiger partial charge is 0.377 e. The van der Waals surface area contributed by atoms with Crippen molar-refractivity contribution in [3.8, 4) is 0 Å². The van der Waals surface area contributed by atoms with Gasteiger partial charge >= 0.3 is 5.69 Å². The monoisotopic (exact) mass is 420 g/mol. The number of hydrogen-bond acceptors (Lipinski definition) is 6. The quantitative estimate of drug-likeness (QED) is 0.624. The van der Waals surface area contributed by atoms with E-state index in [1.54, 1.807) is 19.1 Å². The molecule has 0 unspecified atom stereocenters. The second-order valence-corrected chi connectivity index (χ2v) is 7.17. The zero-order valence-corrected chi connectivity index (χ0v) is 16.2. The van der Waals surface area contributed by atoms with Crippen LogP contribution in [0.1, 0.15) is 18.5 Å². The van der Waals surface area contributed by atoms with E-state index in [2.05, 4.69) is 20.8 Å². The normalized spacial score (nSPS) is 15.1. The molecule has 1 fully saturated rings. The molecule has 0 bridgehead atoms. The number of benzene rings is 1. The van der Waals surface area contributed by atoms with Gasteiger partial charge in [-0.1, -0.05) is 17.7 Å². The molecule has 11 heteroatoms. The highest BCUT2D eigenvalue weighted by molar-refractivity contribution is 6.30. The fourth-order valence-corrected chi connectivity index (χ4v) is 3.08. The lowest BCUT2D eigenvalue weighted by atomic mass is 10.1. The van der Waals surface area contributed by atoms with Gasteiger partial charge in [0.2, 0.25) is 11.6 Å². The molecule has 4 rings (SSSR count). The van der Waals surface area contributed by atoms with Crippen LogP contribution in [-0.4, -0.2) is 44.6 Å². The summed E-state index contributed by atoms with van der Waals surface area (Å²) in [6.45, 7) is 2.56. The van der Waals surface area contributed by atoms with E-state index in [4.69, 9.17) is 16.3 Å². The molecule has 2 N–H and O–H groups in total. The number of fused-ring (bicyclic) bond motifs is 1. The van der Waals surface area contributed by atoms with Gasteiger partial charge in [-0.25, -0.2) is 13.9 Å². The second-order valence-electron chi connectivity index (χ2n) is 6.76. The van der Waals surface area contributed by atoms with Crippen molar-refractivity contribution in [2.45, 2.75) is 25.6 Å². The van der Waals surface area contributed by atoms with Crippen molar-refractivity contribution < 1.29 is 13.9 Å². The molecule has 1 aliphatic heterocycles. The molecule has 1 aromatic carbocycles. The van der Waals surface area contributed by atoms with Crippen LogP contribution in [0.4, 0.5) is 10.1 Å². The molecule has 1 amide bonds. The molecule has 1 aliphatic rings. The number of aromatic nitrogens is 4. The van der Waals surface area contributed by atoms with Crippen molar-refractivity contribution in [1.29, 1.82) is 0 Å². The fourth-order valence-electron chi connectivity index (χ4n) is 2.96. The van der Waals surface area contributed by atoms with Gasteiger partial charge in [-0.2, -0.15) is 9.61 Å². The van der Waals surface area contributed by atoms with E-state index >= 15 is 0 Å². The Kier molecular flexibility index (Phi) is 5.20. The van der Waals surface area contributed by atoms with E-state index in [0.29, 0.717) is 30.1 Å². The third-order valence-corrected chi connectivity index (χ3v) is 4.90. The highest BCUT2D eigenvalue weighted by atomic mass is 35.5. The predicted molar refractivity (Wildman–Crippen MR) is 103 cm³/mol. The Morgan fingerprint density at radius 1 is 1.41 bits per heavy atom. The summed E-state index contributed by atoms with van der Waals surface area (Å²) in [6, 6.07) is 5.69. The number of hydrogen-bond donors (Lipinski definition) is 2. The van der Waals surface area contributed by atoms with Gasteiger partial charge in [0.05, 0.1) is 42.2 Å². The van der Waals surface area contributed by atoms with E-state index in [-0.39, 0.29) is 17.6 Å². The van der Waals surface area contributed by atoms with Crippen LogP contribution in [0.5, 0.6) is 0 Å². The van der Waals surface area contributed by atoms with Crippen LogP contribution in [0.2, 0.25) is 5.02 Å². The van der Waals surface area contributed by atoms with Crippen molar-refractivity contribution in [2.24, 2.45) is 0 Å². The number of carbonyl (C=O) groups is 1. The average molecular weight is 421 g/mol. The van der Waals surface area contributed by atoms with Gasteiger partial charge in [-0.15, -0.1) is 5.10 Å². The molecular formula is C18H18ClFN6O3. The van der Waals surface area contributed by atoms with E-state index in [1.807, 2.05) is 0 Å². The van der Waals surface area contributed by atoms with Crippen LogP contribution in [0.3, 0.4) is 0 Å². The SMILES string of the molecule is C[C@H](NC(=O)Cn1nc2c(NC3COC3)ccnn2c1=O)c1ccc(Cl)c(F)c1. The van der Waals surface area contributed by atoms with Crippen LogP contribution in [0.25, 0.3) is 5.65 Å². The maximum absolute atomic E-state index is 13.6. The Labute approximate surface area is 169 Å². The number of ether oxygens (including phenoxy) is 1. The number of nitrogens with zero attached hydrogens (tertiary/aromatic N) is 4. The number of anilines is 1. The first-order chi connectivity index (χ1) is 13.9. The van der Waals surface area contributed by atoms with Crippen molar-refractivity contribution in [1.82, 2.24) is 24.7 Å². The van der Waals surface area contributed by atoms with Crippen LogP contribution in [-0.2, 0) is 16.1 Å². The first-order valence-corrected chi connectivity index (χ1v) is 9.33. The van der Waals surface area contributed by atoms with Gasteiger partial charge in [0.1, 0.15) is 12.4 Å². The first kappa shape index (κ1) is 19.3. The summed E-state index contributed by atoms with van der Waals surface area (Å²) >= 11 is 5.68. The zero-order chi connectivity index (χ0) is 20.5. The van der Waals surface area contributed by atoms with Crippen molar-refractivity contribution in [3.63, 3.8) is 0 Å². The molecular weight excluding hydrogens is 403 g/mol. The molecule has 0 radical (unpaired) electrons. The third-order valence-electron chi connectivity index (χ3n) is 4.59. The Bertz CT molecular complexity index is 1130. The molecule has 0 saturated carbocycles. The van der Waals surface area contributed by atoms with E-state index in [1.165, 1.54) is 18.3 Å². The molecule has 0 spiro atoms. The molecule has 29 heavy (non-hydrogen) atoms. The summed E-state index contributed by atoms with van der Waals surface area (Å²) in [6.07, 6.45) is 1.49. The molecule has 9 nitrogen and oxygen atoms in total. The molecule has 1 saturated heterocycles. The summed E-state index contributed by atoms with van der Waals surface area (Å²) in [5, 5.41) is 14.2. The lowest BCUT2D eigenvalue weighted by Gasteiger charge is -2.27. The van der Waals surface area contributed by atoms with Gasteiger partial charge < -0.3 is 15.4 Å². The molecule has 0 aliphatic carbocycles. The molecule has 152 valence electrons. The van der Waals surface area contributed by atoms with Crippen molar-refractivity contribution >= 4 is 28.8 Å². The maximum atomic E-state index is 13.6. The number of nitrogens with one attached hydrogen (secondary N) is 2. The summed E-state index contributed by atoms with van der Waals surface area (Å²) in [7, 11) is 0. The number of amides is 1. The zero-order valence-electron chi connectivity index (χ0n) is 15.4. The maximum Gasteiger partial charge on any atom is 0.367 e. The Hall–Kier alpha value is -2.98. The minimum atomic E-state index is -0.565. The fraction of sp³-hybridized carbons (Fsp3) is 0.333. The van der Waals surface area contributed by atoms with Gasteiger partial charge in [-0.3, -0.25) is 4.79 Å². The van der Waals surface area contributed by atoms with Crippen LogP contribution >= 0.6 is 11.6 Å². The minimum absolute atomic E-state index is 0.00825. The number of halogens is 2.